The second kappa shape index (κ2) is 10.6. The van der Waals surface area contributed by atoms with Crippen LogP contribution in [0.4, 0.5) is 15.8 Å². The van der Waals surface area contributed by atoms with Gasteiger partial charge in [-0.25, -0.2) is 4.39 Å². The fourth-order valence-corrected chi connectivity index (χ4v) is 5.34. The summed E-state index contributed by atoms with van der Waals surface area (Å²) in [5, 5.41) is 10.9. The molecule has 2 fully saturated rings. The van der Waals surface area contributed by atoms with Gasteiger partial charge < -0.3 is 19.1 Å². The van der Waals surface area contributed by atoms with Crippen molar-refractivity contribution in [1.82, 2.24) is 9.47 Å². The number of halogens is 1. The molecule has 3 aromatic rings. The molecule has 1 aliphatic heterocycles. The van der Waals surface area contributed by atoms with Gasteiger partial charge in [-0.15, -0.1) is 0 Å². The molecule has 5 rings (SSSR count). The average molecular weight is 549 g/mol. The molecule has 1 aliphatic carbocycles. The van der Waals surface area contributed by atoms with E-state index in [1.165, 1.54) is 62.7 Å². The quantitative estimate of drug-likeness (QED) is 0.187. The number of ketones is 1. The summed E-state index contributed by atoms with van der Waals surface area (Å²) in [5.41, 5.74) is 0.439. The van der Waals surface area contributed by atoms with Crippen LogP contribution in [-0.2, 0) is 4.79 Å². The van der Waals surface area contributed by atoms with Crippen LogP contribution in [0.15, 0.2) is 47.4 Å². The number of anilines is 1. The first-order chi connectivity index (χ1) is 19.1. The van der Waals surface area contributed by atoms with Gasteiger partial charge in [0.1, 0.15) is 5.69 Å². The van der Waals surface area contributed by atoms with Crippen molar-refractivity contribution in [2.75, 3.05) is 31.6 Å². The van der Waals surface area contributed by atoms with Crippen LogP contribution in [0.3, 0.4) is 0 Å². The van der Waals surface area contributed by atoms with Gasteiger partial charge in [-0.2, -0.15) is 0 Å². The Morgan fingerprint density at radius 3 is 2.45 bits per heavy atom. The molecule has 1 saturated heterocycles. The van der Waals surface area contributed by atoms with Gasteiger partial charge in [0.25, 0.3) is 5.69 Å². The van der Waals surface area contributed by atoms with Gasteiger partial charge in [0.2, 0.25) is 11.3 Å². The van der Waals surface area contributed by atoms with E-state index >= 15 is 4.39 Å². The van der Waals surface area contributed by atoms with Crippen LogP contribution >= 0.6 is 0 Å². The van der Waals surface area contributed by atoms with Crippen molar-refractivity contribution < 1.29 is 23.6 Å². The Hall–Kier alpha value is -4.54. The van der Waals surface area contributed by atoms with E-state index in [9.17, 15) is 24.5 Å². The largest absolute Gasteiger partial charge is 0.492 e. The van der Waals surface area contributed by atoms with Crippen molar-refractivity contribution in [3.63, 3.8) is 0 Å². The number of piperazine rings is 1. The number of benzene rings is 2. The van der Waals surface area contributed by atoms with E-state index in [4.69, 9.17) is 4.74 Å². The predicted molar refractivity (Wildman–Crippen MR) is 149 cm³/mol. The Labute approximate surface area is 229 Å². The lowest BCUT2D eigenvalue weighted by atomic mass is 10.0. The fraction of sp³-hybridized carbons (Fsp3) is 0.345. The summed E-state index contributed by atoms with van der Waals surface area (Å²) in [4.78, 5) is 52.6. The minimum atomic E-state index is -0.640. The Kier molecular flexibility index (Phi) is 7.14. The molecule has 208 valence electrons. The number of methoxy groups -OCH3 is 1. The Morgan fingerprint density at radius 2 is 1.88 bits per heavy atom. The molecule has 2 heterocycles. The predicted octanol–water partition coefficient (Wildman–Crippen LogP) is 4.35. The summed E-state index contributed by atoms with van der Waals surface area (Å²) in [7, 11) is 1.43. The van der Waals surface area contributed by atoms with E-state index < -0.39 is 22.0 Å². The number of allylic oxidation sites excluding steroid dienone is 1. The van der Waals surface area contributed by atoms with Crippen molar-refractivity contribution in [2.45, 2.75) is 38.8 Å². The number of non-ortho nitro benzene ring substituents is 1. The van der Waals surface area contributed by atoms with Crippen molar-refractivity contribution in [1.29, 1.82) is 0 Å². The minimum absolute atomic E-state index is 0.0361. The monoisotopic (exact) mass is 548 g/mol. The fourth-order valence-electron chi connectivity index (χ4n) is 5.34. The molecule has 0 bridgehead atoms. The molecule has 1 amide bonds. The number of nitro groups is 1. The lowest BCUT2D eigenvalue weighted by molar-refractivity contribution is -0.384. The normalized spacial score (nSPS) is 17.4. The summed E-state index contributed by atoms with van der Waals surface area (Å²) >= 11 is 0. The lowest BCUT2D eigenvalue weighted by Gasteiger charge is -2.41. The molecule has 0 N–H and O–H groups in total. The second-order valence-corrected chi connectivity index (χ2v) is 10.2. The smallest absolute Gasteiger partial charge is 0.269 e. The van der Waals surface area contributed by atoms with Gasteiger partial charge in [0.15, 0.2) is 17.3 Å². The van der Waals surface area contributed by atoms with Crippen LogP contribution in [0.25, 0.3) is 17.0 Å². The Balaban J connectivity index is 1.57. The van der Waals surface area contributed by atoms with Crippen LogP contribution < -0.4 is 15.1 Å². The number of nitro benzene ring substituents is 1. The van der Waals surface area contributed by atoms with Gasteiger partial charge in [0.05, 0.1) is 28.5 Å². The third-order valence-electron chi connectivity index (χ3n) is 7.49. The molecule has 0 spiro atoms. The van der Waals surface area contributed by atoms with Crippen molar-refractivity contribution in [3.8, 4) is 5.75 Å². The van der Waals surface area contributed by atoms with Crippen LogP contribution in [0.5, 0.6) is 5.75 Å². The van der Waals surface area contributed by atoms with E-state index in [2.05, 4.69) is 0 Å². The first-order valence-corrected chi connectivity index (χ1v) is 13.0. The summed E-state index contributed by atoms with van der Waals surface area (Å²) in [5.74, 6) is -1.01. The molecular formula is C29H29FN4O6. The molecule has 10 nitrogen and oxygen atoms in total. The highest BCUT2D eigenvalue weighted by Crippen LogP contribution is 2.44. The van der Waals surface area contributed by atoms with Crippen molar-refractivity contribution in [2.24, 2.45) is 0 Å². The summed E-state index contributed by atoms with van der Waals surface area (Å²) in [6, 6.07) is 6.73. The van der Waals surface area contributed by atoms with Gasteiger partial charge in [-0.1, -0.05) is 6.08 Å². The molecule has 0 radical (unpaired) electrons. The first-order valence-electron chi connectivity index (χ1n) is 13.0. The standard InChI is InChI=1S/C29H29FN4O6/c1-17-15-31(12-13-32(17)18(2)35)27-24(30)14-22-26(29(27)40-3)33(20-9-10-20)16-23(28(22)37)25(36)11-6-19-4-7-21(8-5-19)34(38)39/h4-8,11,14,16-17,20H,9-10,12-13,15H2,1-3H3. The van der Waals surface area contributed by atoms with Crippen LogP contribution in [0, 0.1) is 15.9 Å². The van der Waals surface area contributed by atoms with E-state index in [0.717, 1.165) is 12.8 Å². The molecule has 2 aliphatic rings. The average Bonchev–Trinajstić information content (AvgIpc) is 3.77. The van der Waals surface area contributed by atoms with Gasteiger partial charge >= 0.3 is 0 Å². The SMILES string of the molecule is COc1c(N2CCN(C(C)=O)C(C)C2)c(F)cc2c(=O)c(C(=O)C=Cc3ccc([N+](=O)[O-])cc3)cn(C3CC3)c12. The number of pyridine rings is 1. The number of hydrogen-bond donors (Lipinski definition) is 0. The number of ether oxygens (including phenoxy) is 1. The zero-order valence-electron chi connectivity index (χ0n) is 22.4. The number of nitrogens with zero attached hydrogens (tertiary/aromatic N) is 4. The van der Waals surface area contributed by atoms with E-state index in [1.807, 2.05) is 16.4 Å². The van der Waals surface area contributed by atoms with E-state index in [0.29, 0.717) is 30.7 Å². The Morgan fingerprint density at radius 1 is 1.18 bits per heavy atom. The zero-order valence-corrected chi connectivity index (χ0v) is 22.4. The number of hydrogen-bond acceptors (Lipinski definition) is 7. The number of aromatic nitrogens is 1. The van der Waals surface area contributed by atoms with Gasteiger partial charge in [0, 0.05) is 57.0 Å². The van der Waals surface area contributed by atoms with Crippen molar-refractivity contribution in [3.05, 3.63) is 79.9 Å². The summed E-state index contributed by atoms with van der Waals surface area (Å²) < 4.78 is 23.3. The van der Waals surface area contributed by atoms with Crippen molar-refractivity contribution >= 4 is 40.0 Å². The topological polar surface area (TPSA) is 115 Å². The van der Waals surface area contributed by atoms with Gasteiger partial charge in [-0.3, -0.25) is 24.5 Å². The molecule has 1 unspecified atom stereocenters. The third-order valence-corrected chi connectivity index (χ3v) is 7.49. The third kappa shape index (κ3) is 4.94. The maximum atomic E-state index is 15.8. The van der Waals surface area contributed by atoms with Crippen LogP contribution in [0.1, 0.15) is 48.7 Å². The molecule has 2 aromatic carbocycles. The Bertz CT molecular complexity index is 1610. The summed E-state index contributed by atoms with van der Waals surface area (Å²) in [6.07, 6.45) is 5.91. The lowest BCUT2D eigenvalue weighted by Crippen LogP contribution is -2.53. The van der Waals surface area contributed by atoms with E-state index in [1.54, 1.807) is 4.90 Å². The molecular weight excluding hydrogens is 519 g/mol. The number of carbonyl (C=O) groups excluding carboxylic acids is 2. The number of amides is 1. The first kappa shape index (κ1) is 27.0. The van der Waals surface area contributed by atoms with E-state index in [-0.39, 0.29) is 46.1 Å². The number of fused-ring (bicyclic) bond motifs is 1. The molecule has 1 atom stereocenters. The zero-order chi connectivity index (χ0) is 28.7. The highest BCUT2D eigenvalue weighted by atomic mass is 19.1. The number of rotatable bonds is 7. The maximum Gasteiger partial charge on any atom is 0.269 e. The second-order valence-electron chi connectivity index (χ2n) is 10.2. The molecule has 11 heteroatoms. The highest BCUT2D eigenvalue weighted by molar-refractivity contribution is 6.08. The van der Waals surface area contributed by atoms with Crippen LogP contribution in [-0.4, -0.2) is 58.9 Å². The minimum Gasteiger partial charge on any atom is -0.492 e. The number of carbonyl (C=O) groups is 2. The highest BCUT2D eigenvalue weighted by Gasteiger charge is 2.33. The maximum absolute atomic E-state index is 15.8. The summed E-state index contributed by atoms with van der Waals surface area (Å²) in [6.45, 7) is 4.65. The molecule has 1 saturated carbocycles. The molecule has 40 heavy (non-hydrogen) atoms. The molecule has 1 aromatic heterocycles. The van der Waals surface area contributed by atoms with Crippen LogP contribution in [0.2, 0.25) is 0 Å². The van der Waals surface area contributed by atoms with Gasteiger partial charge in [-0.05, 0) is 49.6 Å².